The number of thiophene rings is 1. The molecule has 1 N–H and O–H groups in total. The first-order valence-electron chi connectivity index (χ1n) is 6.83. The summed E-state index contributed by atoms with van der Waals surface area (Å²) in [4.78, 5) is 26.1. The molecular formula is C14H20N2O3S. The van der Waals surface area contributed by atoms with Gasteiger partial charge in [0.1, 0.15) is 0 Å². The van der Waals surface area contributed by atoms with Crippen molar-refractivity contribution < 1.29 is 14.3 Å². The van der Waals surface area contributed by atoms with Gasteiger partial charge in [0, 0.05) is 30.4 Å². The number of amides is 2. The summed E-state index contributed by atoms with van der Waals surface area (Å²) >= 11 is 1.68. The Kier molecular flexibility index (Phi) is 5.40. The van der Waals surface area contributed by atoms with Crippen molar-refractivity contribution in [3.05, 3.63) is 22.4 Å². The third-order valence-corrected chi connectivity index (χ3v) is 4.41. The van der Waals surface area contributed by atoms with Crippen molar-refractivity contribution in [3.63, 3.8) is 0 Å². The van der Waals surface area contributed by atoms with Crippen LogP contribution in [-0.2, 0) is 16.0 Å². The quantitative estimate of drug-likeness (QED) is 0.925. The number of nitrogens with zero attached hydrogens (tertiary/aromatic N) is 1. The number of carbonyl (C=O) groups excluding carboxylic acids is 2. The highest BCUT2D eigenvalue weighted by Gasteiger charge is 2.23. The SMILES string of the molecule is COC(=O)N1CCC(NC(=O)CCc2cccs2)CC1. The molecule has 1 aromatic rings. The molecule has 1 aromatic heterocycles. The Balaban J connectivity index is 1.67. The number of hydrogen-bond donors (Lipinski definition) is 1. The van der Waals surface area contributed by atoms with Crippen molar-refractivity contribution in [3.8, 4) is 0 Å². The third-order valence-electron chi connectivity index (χ3n) is 3.47. The lowest BCUT2D eigenvalue weighted by Gasteiger charge is -2.31. The van der Waals surface area contributed by atoms with E-state index < -0.39 is 0 Å². The van der Waals surface area contributed by atoms with Gasteiger partial charge in [-0.15, -0.1) is 11.3 Å². The van der Waals surface area contributed by atoms with Crippen LogP contribution in [0.25, 0.3) is 0 Å². The van der Waals surface area contributed by atoms with Gasteiger partial charge in [0.2, 0.25) is 5.91 Å². The van der Waals surface area contributed by atoms with Gasteiger partial charge in [-0.1, -0.05) is 6.07 Å². The molecule has 0 spiro atoms. The number of rotatable bonds is 4. The molecule has 20 heavy (non-hydrogen) atoms. The first-order valence-corrected chi connectivity index (χ1v) is 7.71. The summed E-state index contributed by atoms with van der Waals surface area (Å²) in [6.45, 7) is 1.28. The smallest absolute Gasteiger partial charge is 0.409 e. The standard InChI is InChI=1S/C14H20N2O3S/c1-19-14(18)16-8-6-11(7-9-16)15-13(17)5-4-12-3-2-10-20-12/h2-3,10-11H,4-9H2,1H3,(H,15,17). The van der Waals surface area contributed by atoms with Gasteiger partial charge >= 0.3 is 6.09 Å². The van der Waals surface area contributed by atoms with Gasteiger partial charge in [0.15, 0.2) is 0 Å². The van der Waals surface area contributed by atoms with Crippen LogP contribution in [0.5, 0.6) is 0 Å². The summed E-state index contributed by atoms with van der Waals surface area (Å²) in [5.74, 6) is 0.0925. The van der Waals surface area contributed by atoms with E-state index in [1.54, 1.807) is 16.2 Å². The van der Waals surface area contributed by atoms with Crippen LogP contribution in [0.3, 0.4) is 0 Å². The van der Waals surface area contributed by atoms with E-state index in [4.69, 9.17) is 0 Å². The fourth-order valence-corrected chi connectivity index (χ4v) is 3.04. The fraction of sp³-hybridized carbons (Fsp3) is 0.571. The molecule has 0 unspecified atom stereocenters. The molecule has 110 valence electrons. The van der Waals surface area contributed by atoms with Crippen LogP contribution in [0.1, 0.15) is 24.1 Å². The average Bonchev–Trinajstić information content (AvgIpc) is 2.98. The Bertz CT molecular complexity index is 439. The van der Waals surface area contributed by atoms with Gasteiger partial charge < -0.3 is 15.0 Å². The maximum absolute atomic E-state index is 11.9. The molecule has 2 heterocycles. The van der Waals surface area contributed by atoms with Crippen molar-refractivity contribution in [2.75, 3.05) is 20.2 Å². The summed E-state index contributed by atoms with van der Waals surface area (Å²) in [5.41, 5.74) is 0. The molecule has 5 nitrogen and oxygen atoms in total. The lowest BCUT2D eigenvalue weighted by atomic mass is 10.1. The van der Waals surface area contributed by atoms with E-state index in [-0.39, 0.29) is 18.0 Å². The Morgan fingerprint density at radius 1 is 1.45 bits per heavy atom. The second-order valence-electron chi connectivity index (χ2n) is 4.88. The molecule has 0 aromatic carbocycles. The highest BCUT2D eigenvalue weighted by Crippen LogP contribution is 2.13. The topological polar surface area (TPSA) is 58.6 Å². The lowest BCUT2D eigenvalue weighted by molar-refractivity contribution is -0.122. The van der Waals surface area contributed by atoms with E-state index in [0.717, 1.165) is 19.3 Å². The summed E-state index contributed by atoms with van der Waals surface area (Å²) in [6.07, 6.45) is 2.62. The summed E-state index contributed by atoms with van der Waals surface area (Å²) in [6, 6.07) is 4.22. The molecule has 0 atom stereocenters. The van der Waals surface area contributed by atoms with Crippen LogP contribution in [0, 0.1) is 0 Å². The van der Waals surface area contributed by atoms with E-state index in [0.29, 0.717) is 19.5 Å². The Hall–Kier alpha value is -1.56. The minimum absolute atomic E-state index is 0.0925. The van der Waals surface area contributed by atoms with Crippen LogP contribution in [0.4, 0.5) is 4.79 Å². The summed E-state index contributed by atoms with van der Waals surface area (Å²) in [5, 5.41) is 5.07. The monoisotopic (exact) mass is 296 g/mol. The van der Waals surface area contributed by atoms with Crippen LogP contribution in [0.15, 0.2) is 17.5 Å². The summed E-state index contributed by atoms with van der Waals surface area (Å²) < 4.78 is 4.69. The van der Waals surface area contributed by atoms with Gasteiger partial charge in [-0.25, -0.2) is 4.79 Å². The molecule has 6 heteroatoms. The Labute approximate surface area is 122 Å². The number of hydrogen-bond acceptors (Lipinski definition) is 4. The molecule has 0 bridgehead atoms. The molecule has 2 amide bonds. The first-order chi connectivity index (χ1) is 9.69. The predicted molar refractivity (Wildman–Crippen MR) is 77.8 cm³/mol. The minimum atomic E-state index is -0.285. The normalized spacial score (nSPS) is 15.9. The molecule has 0 saturated carbocycles. The number of likely N-dealkylation sites (tertiary alicyclic amines) is 1. The van der Waals surface area contributed by atoms with Crippen LogP contribution < -0.4 is 5.32 Å². The minimum Gasteiger partial charge on any atom is -0.453 e. The van der Waals surface area contributed by atoms with Gasteiger partial charge in [0.05, 0.1) is 7.11 Å². The van der Waals surface area contributed by atoms with E-state index in [9.17, 15) is 9.59 Å². The van der Waals surface area contributed by atoms with Crippen LogP contribution >= 0.6 is 11.3 Å². The fourth-order valence-electron chi connectivity index (χ4n) is 2.33. The van der Waals surface area contributed by atoms with Gasteiger partial charge in [-0.3, -0.25) is 4.79 Å². The van der Waals surface area contributed by atoms with Crippen molar-refractivity contribution in [2.45, 2.75) is 31.7 Å². The molecule has 2 rings (SSSR count). The first kappa shape index (κ1) is 14.8. The zero-order valence-electron chi connectivity index (χ0n) is 11.6. The molecule has 1 saturated heterocycles. The second kappa shape index (κ2) is 7.28. The molecule has 1 aliphatic heterocycles. The van der Waals surface area contributed by atoms with E-state index in [2.05, 4.69) is 10.1 Å². The zero-order chi connectivity index (χ0) is 14.4. The average molecular weight is 296 g/mol. The molecule has 0 radical (unpaired) electrons. The zero-order valence-corrected chi connectivity index (χ0v) is 12.4. The number of aryl methyl sites for hydroxylation is 1. The third kappa shape index (κ3) is 4.23. The number of ether oxygens (including phenoxy) is 1. The van der Waals surface area contributed by atoms with Crippen molar-refractivity contribution >= 4 is 23.3 Å². The number of carbonyl (C=O) groups is 2. The molecule has 1 fully saturated rings. The van der Waals surface area contributed by atoms with Crippen LogP contribution in [-0.4, -0.2) is 43.1 Å². The number of nitrogens with one attached hydrogen (secondary N) is 1. The van der Waals surface area contributed by atoms with E-state index in [1.807, 2.05) is 17.5 Å². The van der Waals surface area contributed by atoms with Gasteiger partial charge in [-0.2, -0.15) is 0 Å². The lowest BCUT2D eigenvalue weighted by Crippen LogP contribution is -2.46. The van der Waals surface area contributed by atoms with Crippen molar-refractivity contribution in [2.24, 2.45) is 0 Å². The predicted octanol–water partition coefficient (Wildman–Crippen LogP) is 2.03. The van der Waals surface area contributed by atoms with Crippen LogP contribution in [0.2, 0.25) is 0 Å². The number of piperidine rings is 1. The maximum Gasteiger partial charge on any atom is 0.409 e. The highest BCUT2D eigenvalue weighted by atomic mass is 32.1. The second-order valence-corrected chi connectivity index (χ2v) is 5.91. The maximum atomic E-state index is 11.9. The van der Waals surface area contributed by atoms with Gasteiger partial charge in [-0.05, 0) is 30.7 Å². The number of methoxy groups -OCH3 is 1. The van der Waals surface area contributed by atoms with E-state index >= 15 is 0 Å². The van der Waals surface area contributed by atoms with Gasteiger partial charge in [0.25, 0.3) is 0 Å². The Morgan fingerprint density at radius 3 is 2.80 bits per heavy atom. The molecular weight excluding hydrogens is 276 g/mol. The van der Waals surface area contributed by atoms with Crippen molar-refractivity contribution in [1.29, 1.82) is 0 Å². The largest absolute Gasteiger partial charge is 0.453 e. The molecule has 1 aliphatic rings. The van der Waals surface area contributed by atoms with Crippen molar-refractivity contribution in [1.82, 2.24) is 10.2 Å². The summed E-state index contributed by atoms with van der Waals surface area (Å²) in [7, 11) is 1.39. The van der Waals surface area contributed by atoms with E-state index in [1.165, 1.54) is 12.0 Å². The molecule has 0 aliphatic carbocycles. The highest BCUT2D eigenvalue weighted by molar-refractivity contribution is 7.09. The Morgan fingerprint density at radius 2 is 2.20 bits per heavy atom.